The molecule has 7 heteroatoms. The van der Waals surface area contributed by atoms with Gasteiger partial charge in [-0.25, -0.2) is 14.2 Å². The van der Waals surface area contributed by atoms with Crippen molar-refractivity contribution in [3.05, 3.63) is 53.5 Å². The molecule has 3 rings (SSSR count). The summed E-state index contributed by atoms with van der Waals surface area (Å²) in [6, 6.07) is 10.9. The highest BCUT2D eigenvalue weighted by Crippen LogP contribution is 2.24. The van der Waals surface area contributed by atoms with Crippen molar-refractivity contribution in [3.63, 3.8) is 0 Å². The molecule has 0 amide bonds. The molecule has 1 fully saturated rings. The zero-order valence-corrected chi connectivity index (χ0v) is 13.4. The van der Waals surface area contributed by atoms with E-state index in [0.717, 1.165) is 6.07 Å². The Morgan fingerprint density at radius 1 is 1.32 bits per heavy atom. The first-order valence-corrected chi connectivity index (χ1v) is 7.88. The van der Waals surface area contributed by atoms with Crippen LogP contribution < -0.4 is 9.64 Å². The molecule has 0 bridgehead atoms. The average molecular weight is 341 g/mol. The maximum atomic E-state index is 13.9. The number of nitriles is 1. The summed E-state index contributed by atoms with van der Waals surface area (Å²) in [4.78, 5) is 17.1. The second-order valence-electron chi connectivity index (χ2n) is 5.75. The van der Waals surface area contributed by atoms with Crippen molar-refractivity contribution in [3.8, 4) is 11.8 Å². The van der Waals surface area contributed by atoms with Gasteiger partial charge >= 0.3 is 5.97 Å². The number of ether oxygens (including phenoxy) is 1. The van der Waals surface area contributed by atoms with Crippen LogP contribution in [-0.2, 0) is 0 Å². The highest BCUT2D eigenvalue weighted by molar-refractivity contribution is 5.85. The number of nitrogens with zero attached hydrogens (tertiary/aromatic N) is 3. The fourth-order valence-electron chi connectivity index (χ4n) is 2.77. The van der Waals surface area contributed by atoms with Crippen LogP contribution in [0.25, 0.3) is 0 Å². The Kier molecular flexibility index (Phi) is 4.80. The molecule has 2 aromatic rings. The molecule has 0 unspecified atom stereocenters. The van der Waals surface area contributed by atoms with Crippen molar-refractivity contribution in [2.24, 2.45) is 0 Å². The molecule has 1 aromatic carbocycles. The third-order valence-corrected chi connectivity index (χ3v) is 4.07. The number of aromatic carboxylic acids is 1. The van der Waals surface area contributed by atoms with E-state index >= 15 is 0 Å². The number of rotatable bonds is 4. The van der Waals surface area contributed by atoms with Gasteiger partial charge in [0.25, 0.3) is 0 Å². The Bertz CT molecular complexity index is 827. The van der Waals surface area contributed by atoms with Gasteiger partial charge in [0, 0.05) is 25.9 Å². The van der Waals surface area contributed by atoms with Crippen molar-refractivity contribution in [1.29, 1.82) is 5.26 Å². The summed E-state index contributed by atoms with van der Waals surface area (Å²) in [7, 11) is 0. The molecule has 0 aliphatic carbocycles. The van der Waals surface area contributed by atoms with Crippen molar-refractivity contribution in [2.75, 3.05) is 18.0 Å². The first-order chi connectivity index (χ1) is 12.1. The Hall–Kier alpha value is -3.14. The number of halogens is 1. The van der Waals surface area contributed by atoms with Gasteiger partial charge in [0.15, 0.2) is 17.3 Å². The van der Waals surface area contributed by atoms with Crippen LogP contribution in [0, 0.1) is 17.1 Å². The molecular weight excluding hydrogens is 325 g/mol. The van der Waals surface area contributed by atoms with Crippen LogP contribution >= 0.6 is 0 Å². The monoisotopic (exact) mass is 341 g/mol. The van der Waals surface area contributed by atoms with E-state index in [2.05, 4.69) is 4.98 Å². The minimum Gasteiger partial charge on any atom is -0.487 e. The maximum Gasteiger partial charge on any atom is 0.354 e. The molecule has 1 saturated heterocycles. The fourth-order valence-corrected chi connectivity index (χ4v) is 2.77. The number of carboxylic acids is 1. The quantitative estimate of drug-likeness (QED) is 0.920. The van der Waals surface area contributed by atoms with E-state index in [-0.39, 0.29) is 23.1 Å². The average Bonchev–Trinajstić information content (AvgIpc) is 2.64. The summed E-state index contributed by atoms with van der Waals surface area (Å²) in [6.07, 6.45) is 1.19. The summed E-state index contributed by atoms with van der Waals surface area (Å²) in [5.74, 6) is -0.847. The van der Waals surface area contributed by atoms with Gasteiger partial charge in [0.1, 0.15) is 11.9 Å². The minimum absolute atomic E-state index is 0.00975. The first kappa shape index (κ1) is 16.7. The van der Waals surface area contributed by atoms with Gasteiger partial charge in [-0.3, -0.25) is 0 Å². The molecule has 1 aromatic heterocycles. The van der Waals surface area contributed by atoms with Crippen molar-refractivity contribution in [1.82, 2.24) is 4.98 Å². The van der Waals surface area contributed by atoms with Gasteiger partial charge < -0.3 is 14.7 Å². The van der Waals surface area contributed by atoms with E-state index in [9.17, 15) is 9.18 Å². The minimum atomic E-state index is -1.06. The maximum absolute atomic E-state index is 13.9. The number of carboxylic acid groups (broad SMARTS) is 1. The van der Waals surface area contributed by atoms with Crippen LogP contribution in [0.4, 0.5) is 10.2 Å². The van der Waals surface area contributed by atoms with E-state index in [1.165, 1.54) is 18.2 Å². The lowest BCUT2D eigenvalue weighted by Crippen LogP contribution is -2.39. The fraction of sp³-hybridized carbons (Fsp3) is 0.278. The van der Waals surface area contributed by atoms with E-state index in [1.54, 1.807) is 12.1 Å². The Morgan fingerprint density at radius 3 is 2.72 bits per heavy atom. The van der Waals surface area contributed by atoms with Crippen LogP contribution in [0.2, 0.25) is 0 Å². The molecule has 1 N–H and O–H groups in total. The molecule has 128 valence electrons. The molecule has 25 heavy (non-hydrogen) atoms. The van der Waals surface area contributed by atoms with Crippen molar-refractivity contribution in [2.45, 2.75) is 18.9 Å². The van der Waals surface area contributed by atoms with E-state index in [1.807, 2.05) is 11.0 Å². The van der Waals surface area contributed by atoms with Gasteiger partial charge in [0.2, 0.25) is 0 Å². The molecule has 0 atom stereocenters. The summed E-state index contributed by atoms with van der Waals surface area (Å²) < 4.78 is 19.6. The van der Waals surface area contributed by atoms with Gasteiger partial charge in [-0.1, -0.05) is 6.07 Å². The van der Waals surface area contributed by atoms with E-state index in [4.69, 9.17) is 15.1 Å². The topological polar surface area (TPSA) is 86.5 Å². The summed E-state index contributed by atoms with van der Waals surface area (Å²) >= 11 is 0. The zero-order chi connectivity index (χ0) is 17.8. The second kappa shape index (κ2) is 7.18. The molecule has 0 spiro atoms. The lowest BCUT2D eigenvalue weighted by atomic mass is 10.1. The van der Waals surface area contributed by atoms with Gasteiger partial charge in [0.05, 0.1) is 11.6 Å². The van der Waals surface area contributed by atoms with Crippen LogP contribution in [0.15, 0.2) is 36.4 Å². The zero-order valence-electron chi connectivity index (χ0n) is 13.4. The number of pyridine rings is 1. The molecule has 2 heterocycles. The number of piperidine rings is 1. The van der Waals surface area contributed by atoms with Crippen molar-refractivity contribution >= 4 is 11.8 Å². The number of benzene rings is 1. The van der Waals surface area contributed by atoms with Crippen LogP contribution in [0.3, 0.4) is 0 Å². The molecule has 1 aliphatic rings. The standard InChI is InChI=1S/C18H16FN3O3/c19-14-10-12(11-20)4-5-16(14)25-13-6-8-22(9-7-13)17-3-1-2-15(21-17)18(23)24/h1-5,10,13H,6-9H2,(H,23,24). The molecule has 1 aliphatic heterocycles. The Morgan fingerprint density at radius 2 is 2.08 bits per heavy atom. The number of aromatic nitrogens is 1. The smallest absolute Gasteiger partial charge is 0.354 e. The van der Waals surface area contributed by atoms with Crippen molar-refractivity contribution < 1.29 is 19.0 Å². The Labute approximate surface area is 144 Å². The Balaban J connectivity index is 1.61. The number of hydrogen-bond donors (Lipinski definition) is 1. The van der Waals surface area contributed by atoms with Crippen LogP contribution in [-0.4, -0.2) is 35.3 Å². The lowest BCUT2D eigenvalue weighted by Gasteiger charge is -2.33. The predicted molar refractivity (Wildman–Crippen MR) is 88.2 cm³/mol. The van der Waals surface area contributed by atoms with E-state index in [0.29, 0.717) is 31.7 Å². The number of carbonyl (C=O) groups is 1. The summed E-state index contributed by atoms with van der Waals surface area (Å²) in [5.41, 5.74) is 0.264. The largest absolute Gasteiger partial charge is 0.487 e. The molecular formula is C18H16FN3O3. The highest BCUT2D eigenvalue weighted by Gasteiger charge is 2.23. The number of hydrogen-bond acceptors (Lipinski definition) is 5. The second-order valence-corrected chi connectivity index (χ2v) is 5.75. The van der Waals surface area contributed by atoms with Gasteiger partial charge in [-0.05, 0) is 30.3 Å². The number of anilines is 1. The van der Waals surface area contributed by atoms with Gasteiger partial charge in [-0.15, -0.1) is 0 Å². The third kappa shape index (κ3) is 3.86. The SMILES string of the molecule is N#Cc1ccc(OC2CCN(c3cccc(C(=O)O)n3)CC2)c(F)c1. The van der Waals surface area contributed by atoms with E-state index < -0.39 is 11.8 Å². The van der Waals surface area contributed by atoms with Crippen LogP contribution in [0.1, 0.15) is 28.9 Å². The van der Waals surface area contributed by atoms with Gasteiger partial charge in [-0.2, -0.15) is 5.26 Å². The first-order valence-electron chi connectivity index (χ1n) is 7.88. The molecule has 0 saturated carbocycles. The van der Waals surface area contributed by atoms with Crippen LogP contribution in [0.5, 0.6) is 5.75 Å². The summed E-state index contributed by atoms with van der Waals surface area (Å²) in [6.45, 7) is 1.28. The normalized spacial score (nSPS) is 14.8. The lowest BCUT2D eigenvalue weighted by molar-refractivity contribution is 0.0690. The third-order valence-electron chi connectivity index (χ3n) is 4.07. The molecule has 0 radical (unpaired) electrons. The highest BCUT2D eigenvalue weighted by atomic mass is 19.1. The predicted octanol–water partition coefficient (Wildman–Crippen LogP) is 2.84. The summed E-state index contributed by atoms with van der Waals surface area (Å²) in [5, 5.41) is 17.8. The molecule has 6 nitrogen and oxygen atoms in total.